The van der Waals surface area contributed by atoms with Gasteiger partial charge in [-0.05, 0) is 29.5 Å². The van der Waals surface area contributed by atoms with Crippen LogP contribution in [0.4, 0.5) is 0 Å². The Hall–Kier alpha value is -2.34. The van der Waals surface area contributed by atoms with E-state index in [0.29, 0.717) is 6.42 Å². The first-order chi connectivity index (χ1) is 9.76. The molecule has 0 radical (unpaired) electrons. The lowest BCUT2D eigenvalue weighted by molar-refractivity contribution is -0.124. The summed E-state index contributed by atoms with van der Waals surface area (Å²) in [5.74, 6) is 0.158. The number of carbonyl (C=O) groups excluding carboxylic acids is 1. The van der Waals surface area contributed by atoms with Crippen molar-refractivity contribution < 1.29 is 9.90 Å². The summed E-state index contributed by atoms with van der Waals surface area (Å²) in [6.45, 7) is 13.0. The van der Waals surface area contributed by atoms with E-state index in [9.17, 15) is 9.90 Å². The number of hydrogen-bond donors (Lipinski definition) is 1. The summed E-state index contributed by atoms with van der Waals surface area (Å²) in [6.07, 6.45) is 6.43. The molecule has 0 fully saturated rings. The maximum absolute atomic E-state index is 12.1. The van der Waals surface area contributed by atoms with Crippen molar-refractivity contribution in [3.8, 4) is 5.75 Å². The van der Waals surface area contributed by atoms with Crippen molar-refractivity contribution in [2.45, 2.75) is 27.2 Å². The first-order valence-corrected chi connectivity index (χ1v) is 6.89. The Morgan fingerprint density at radius 3 is 2.43 bits per heavy atom. The average molecular weight is 281 g/mol. The normalized spacial score (nSPS) is 24.7. The number of carbonyl (C=O) groups is 1. The minimum atomic E-state index is -0.525. The summed E-state index contributed by atoms with van der Waals surface area (Å²) in [7, 11) is 0. The van der Waals surface area contributed by atoms with E-state index in [4.69, 9.17) is 6.57 Å². The third kappa shape index (κ3) is 3.22. The molecule has 1 N–H and O–H groups in total. The number of benzene rings is 1. The average Bonchev–Trinajstić information content (AvgIpc) is 2.42. The van der Waals surface area contributed by atoms with Gasteiger partial charge in [-0.25, -0.2) is 4.85 Å². The summed E-state index contributed by atoms with van der Waals surface area (Å²) >= 11 is 0. The molecule has 0 aromatic heterocycles. The topological polar surface area (TPSA) is 41.7 Å². The van der Waals surface area contributed by atoms with Gasteiger partial charge in [0.1, 0.15) is 5.75 Å². The molecule has 0 saturated heterocycles. The van der Waals surface area contributed by atoms with E-state index in [1.54, 1.807) is 18.2 Å². The number of hydrogen-bond acceptors (Lipinski definition) is 2. The van der Waals surface area contributed by atoms with Gasteiger partial charge in [-0.1, -0.05) is 51.1 Å². The van der Waals surface area contributed by atoms with Crippen LogP contribution in [0.5, 0.6) is 5.75 Å². The van der Waals surface area contributed by atoms with E-state index in [-0.39, 0.29) is 22.6 Å². The van der Waals surface area contributed by atoms with E-state index in [1.807, 2.05) is 45.1 Å². The van der Waals surface area contributed by atoms with Crippen LogP contribution in [0, 0.1) is 17.4 Å². The molecule has 21 heavy (non-hydrogen) atoms. The fourth-order valence-electron chi connectivity index (χ4n) is 2.87. The second-order valence-corrected chi connectivity index (χ2v) is 6.46. The molecule has 1 aromatic rings. The predicted octanol–water partition coefficient (Wildman–Crippen LogP) is 4.21. The van der Waals surface area contributed by atoms with Gasteiger partial charge in [-0.15, -0.1) is 0 Å². The van der Waals surface area contributed by atoms with Crippen LogP contribution in [0.1, 0.15) is 32.8 Å². The van der Waals surface area contributed by atoms with Crippen molar-refractivity contribution in [2.75, 3.05) is 0 Å². The van der Waals surface area contributed by atoms with Gasteiger partial charge in [0.2, 0.25) is 5.70 Å². The first kappa shape index (κ1) is 15.1. The van der Waals surface area contributed by atoms with Crippen LogP contribution in [-0.2, 0) is 4.79 Å². The van der Waals surface area contributed by atoms with Crippen molar-refractivity contribution in [3.05, 3.63) is 59.1 Å². The van der Waals surface area contributed by atoms with Gasteiger partial charge in [0.15, 0.2) is 5.78 Å². The van der Waals surface area contributed by atoms with E-state index in [2.05, 4.69) is 4.85 Å². The summed E-state index contributed by atoms with van der Waals surface area (Å²) in [5, 5.41) is 9.28. The molecular weight excluding hydrogens is 262 g/mol. The molecular formula is C18H19NO2. The lowest BCUT2D eigenvalue weighted by Gasteiger charge is -2.37. The molecule has 3 heteroatoms. The highest BCUT2D eigenvalue weighted by molar-refractivity contribution is 6.02. The predicted molar refractivity (Wildman–Crippen MR) is 83.3 cm³/mol. The molecule has 0 spiro atoms. The van der Waals surface area contributed by atoms with E-state index >= 15 is 0 Å². The highest BCUT2D eigenvalue weighted by Gasteiger charge is 2.41. The van der Waals surface area contributed by atoms with Crippen molar-refractivity contribution >= 4 is 11.9 Å². The third-order valence-electron chi connectivity index (χ3n) is 3.81. The lowest BCUT2D eigenvalue weighted by atomic mass is 9.66. The zero-order chi connectivity index (χ0) is 15.7. The van der Waals surface area contributed by atoms with Crippen LogP contribution in [0.2, 0.25) is 0 Å². The molecule has 0 aliphatic heterocycles. The molecule has 3 nitrogen and oxygen atoms in total. The fraction of sp³-hybridized carbons (Fsp3) is 0.333. The Morgan fingerprint density at radius 2 is 1.86 bits per heavy atom. The van der Waals surface area contributed by atoms with Crippen LogP contribution >= 0.6 is 0 Å². The number of rotatable bonds is 2. The molecule has 1 aliphatic rings. The van der Waals surface area contributed by atoms with Gasteiger partial charge in [-0.2, -0.15) is 0 Å². The molecule has 0 amide bonds. The maximum Gasteiger partial charge on any atom is 0.226 e. The molecule has 0 unspecified atom stereocenters. The van der Waals surface area contributed by atoms with Crippen LogP contribution in [0.15, 0.2) is 42.1 Å². The Labute approximate surface area is 125 Å². The number of aromatic hydroxyl groups is 1. The highest BCUT2D eigenvalue weighted by Crippen LogP contribution is 2.44. The van der Waals surface area contributed by atoms with Crippen LogP contribution in [0.25, 0.3) is 10.9 Å². The fourth-order valence-corrected chi connectivity index (χ4v) is 2.87. The van der Waals surface area contributed by atoms with Crippen molar-refractivity contribution in [1.29, 1.82) is 0 Å². The molecule has 1 atom stereocenters. The molecule has 108 valence electrons. The zero-order valence-corrected chi connectivity index (χ0v) is 12.6. The standard InChI is InChI=1S/C18H19NO2/c1-17(2)12-18(3,11-15(19-4)16(17)21)10-9-13-5-7-14(20)8-6-13/h5-11,20H,12H2,1-3H3/b10-9+/t18-/m0/s1. The Morgan fingerprint density at radius 1 is 1.24 bits per heavy atom. The van der Waals surface area contributed by atoms with Gasteiger partial charge in [0, 0.05) is 5.41 Å². The maximum atomic E-state index is 12.1. The monoisotopic (exact) mass is 281 g/mol. The van der Waals surface area contributed by atoms with Crippen molar-refractivity contribution in [1.82, 2.24) is 0 Å². The van der Waals surface area contributed by atoms with Gasteiger partial charge in [0.05, 0.1) is 6.57 Å². The molecule has 1 aliphatic carbocycles. The van der Waals surface area contributed by atoms with Crippen LogP contribution < -0.4 is 0 Å². The highest BCUT2D eigenvalue weighted by atomic mass is 16.3. The quantitative estimate of drug-likeness (QED) is 0.825. The smallest absolute Gasteiger partial charge is 0.226 e. The zero-order valence-electron chi connectivity index (χ0n) is 12.6. The molecule has 1 aromatic carbocycles. The van der Waals surface area contributed by atoms with E-state index < -0.39 is 5.41 Å². The van der Waals surface area contributed by atoms with Crippen molar-refractivity contribution in [2.24, 2.45) is 10.8 Å². The Kier molecular flexibility index (Phi) is 3.74. The summed E-state index contributed by atoms with van der Waals surface area (Å²) in [6, 6.07) is 6.93. The summed E-state index contributed by atoms with van der Waals surface area (Å²) in [4.78, 5) is 15.5. The summed E-state index contributed by atoms with van der Waals surface area (Å²) < 4.78 is 0. The molecule has 0 saturated carbocycles. The largest absolute Gasteiger partial charge is 0.508 e. The number of nitrogens with zero attached hydrogens (tertiary/aromatic N) is 1. The van der Waals surface area contributed by atoms with Crippen LogP contribution in [-0.4, -0.2) is 10.9 Å². The van der Waals surface area contributed by atoms with Crippen molar-refractivity contribution in [3.63, 3.8) is 0 Å². The van der Waals surface area contributed by atoms with Crippen LogP contribution in [0.3, 0.4) is 0 Å². The number of ketones is 1. The van der Waals surface area contributed by atoms with E-state index in [1.165, 1.54) is 0 Å². The van der Waals surface area contributed by atoms with E-state index in [0.717, 1.165) is 5.56 Å². The molecule has 0 bridgehead atoms. The van der Waals surface area contributed by atoms with Gasteiger partial charge >= 0.3 is 0 Å². The number of phenolic OH excluding ortho intramolecular Hbond substituents is 1. The summed E-state index contributed by atoms with van der Waals surface area (Å²) in [5.41, 5.74) is 0.350. The minimum absolute atomic E-state index is 0.0759. The second kappa shape index (κ2) is 5.21. The molecule has 0 heterocycles. The van der Waals surface area contributed by atoms with Gasteiger partial charge in [-0.3, -0.25) is 0 Å². The number of Topliss-reactive ketones (excluding diaryl/α,β-unsaturated/α-hetero) is 1. The Balaban J connectivity index is 2.34. The minimum Gasteiger partial charge on any atom is -0.508 e. The third-order valence-corrected chi connectivity index (χ3v) is 3.81. The van der Waals surface area contributed by atoms with Gasteiger partial charge < -0.3 is 9.90 Å². The van der Waals surface area contributed by atoms with Gasteiger partial charge in [0.25, 0.3) is 0 Å². The number of allylic oxidation sites excluding steroid dienone is 3. The first-order valence-electron chi connectivity index (χ1n) is 6.89. The molecule has 2 rings (SSSR count). The SMILES string of the molecule is [C-]#[N+]C1=C[C@](C)(/C=C/c2ccc(O)cc2)CC(C)(C)C1=O. The number of phenols is 1. The lowest BCUT2D eigenvalue weighted by Crippen LogP contribution is -2.35. The second-order valence-electron chi connectivity index (χ2n) is 6.46. The Bertz CT molecular complexity index is 659.